The fraction of sp³-hybridized carbons (Fsp3) is 0.267. The van der Waals surface area contributed by atoms with Crippen molar-refractivity contribution in [1.29, 1.82) is 0 Å². The van der Waals surface area contributed by atoms with E-state index in [-0.39, 0.29) is 0 Å². The first kappa shape index (κ1) is 13.7. The molecule has 0 spiro atoms. The Morgan fingerprint density at radius 1 is 1.42 bits per heavy atom. The summed E-state index contributed by atoms with van der Waals surface area (Å²) >= 11 is 5.99. The second-order valence-electron chi connectivity index (χ2n) is 4.41. The smallest absolute Gasteiger partial charge is 0.233 e. The van der Waals surface area contributed by atoms with E-state index >= 15 is 0 Å². The third kappa shape index (κ3) is 3.38. The Kier molecular flexibility index (Phi) is 4.27. The van der Waals surface area contributed by atoms with E-state index in [1.54, 1.807) is 0 Å². The Morgan fingerprint density at radius 2 is 2.21 bits per heavy atom. The van der Waals surface area contributed by atoms with E-state index in [1.165, 1.54) is 0 Å². The van der Waals surface area contributed by atoms with Gasteiger partial charge in [-0.2, -0.15) is 0 Å². The summed E-state index contributed by atoms with van der Waals surface area (Å²) in [5, 5.41) is 5.11. The fourth-order valence-electron chi connectivity index (χ4n) is 1.66. The first-order chi connectivity index (χ1) is 9.10. The number of hydrogen-bond acceptors (Lipinski definition) is 2. The van der Waals surface area contributed by atoms with E-state index < -0.39 is 0 Å². The Bertz CT molecular complexity index is 590. The lowest BCUT2D eigenvalue weighted by molar-refractivity contribution is 0.333. The summed E-state index contributed by atoms with van der Waals surface area (Å²) in [4.78, 5) is 0. The van der Waals surface area contributed by atoms with Gasteiger partial charge in [-0.15, -0.1) is 5.10 Å². The van der Waals surface area contributed by atoms with Gasteiger partial charge in [0.25, 0.3) is 0 Å². The van der Waals surface area contributed by atoms with Gasteiger partial charge in [0.15, 0.2) is 0 Å². The lowest BCUT2D eigenvalue weighted by Crippen LogP contribution is -2.02. The van der Waals surface area contributed by atoms with Crippen molar-refractivity contribution in [2.24, 2.45) is 0 Å². The lowest BCUT2D eigenvalue weighted by Gasteiger charge is -2.05. The van der Waals surface area contributed by atoms with E-state index in [4.69, 9.17) is 16.3 Å². The molecule has 0 fully saturated rings. The molecule has 100 valence electrons. The van der Waals surface area contributed by atoms with E-state index in [1.807, 2.05) is 41.9 Å². The Labute approximate surface area is 118 Å². The van der Waals surface area contributed by atoms with Gasteiger partial charge < -0.3 is 4.74 Å². The molecule has 2 rings (SSSR count). The zero-order chi connectivity index (χ0) is 13.8. The van der Waals surface area contributed by atoms with Crippen LogP contribution in [0.1, 0.15) is 19.0 Å². The molecule has 0 amide bonds. The van der Waals surface area contributed by atoms with Crippen molar-refractivity contribution < 1.29 is 4.74 Å². The largest absolute Gasteiger partial charge is 0.472 e. The highest BCUT2D eigenvalue weighted by molar-refractivity contribution is 6.30. The number of hydrogen-bond donors (Lipinski definition) is 0. The molecule has 0 saturated heterocycles. The molecule has 0 atom stereocenters. The van der Waals surface area contributed by atoms with E-state index in [0.29, 0.717) is 17.5 Å². The molecule has 1 aromatic carbocycles. The number of halogens is 1. The maximum Gasteiger partial charge on any atom is 0.233 e. The van der Waals surface area contributed by atoms with Crippen molar-refractivity contribution in [2.75, 3.05) is 6.61 Å². The fourth-order valence-corrected chi connectivity index (χ4v) is 1.85. The number of rotatable bonds is 5. The quantitative estimate of drug-likeness (QED) is 0.766. The zero-order valence-corrected chi connectivity index (χ0v) is 11.9. The maximum absolute atomic E-state index is 5.99. The van der Waals surface area contributed by atoms with Crippen molar-refractivity contribution in [2.45, 2.75) is 20.3 Å². The average Bonchev–Trinajstić information content (AvgIpc) is 2.77. The van der Waals surface area contributed by atoms with E-state index in [9.17, 15) is 0 Å². The Hall–Kier alpha value is -1.74. The van der Waals surface area contributed by atoms with Crippen LogP contribution < -0.4 is 4.74 Å². The SMILES string of the molecule is C=C(CC)COc1cc(C)n(-c2cccc(Cl)c2)n1. The molecule has 2 aromatic rings. The predicted octanol–water partition coefficient (Wildman–Crippen LogP) is 4.18. The number of aromatic nitrogens is 2. The third-order valence-electron chi connectivity index (χ3n) is 2.84. The van der Waals surface area contributed by atoms with Crippen molar-refractivity contribution in [1.82, 2.24) is 9.78 Å². The van der Waals surface area contributed by atoms with Crippen molar-refractivity contribution in [3.05, 3.63) is 53.2 Å². The summed E-state index contributed by atoms with van der Waals surface area (Å²) in [7, 11) is 0. The zero-order valence-electron chi connectivity index (χ0n) is 11.2. The summed E-state index contributed by atoms with van der Waals surface area (Å²) in [5.74, 6) is 0.604. The summed E-state index contributed by atoms with van der Waals surface area (Å²) in [6.45, 7) is 8.45. The Morgan fingerprint density at radius 3 is 2.89 bits per heavy atom. The highest BCUT2D eigenvalue weighted by Gasteiger charge is 2.07. The number of benzene rings is 1. The molecule has 0 radical (unpaired) electrons. The predicted molar refractivity (Wildman–Crippen MR) is 78.2 cm³/mol. The van der Waals surface area contributed by atoms with Gasteiger partial charge in [0, 0.05) is 16.8 Å². The number of nitrogens with zero attached hydrogens (tertiary/aromatic N) is 2. The van der Waals surface area contributed by atoms with E-state index in [0.717, 1.165) is 23.4 Å². The normalized spacial score (nSPS) is 10.5. The second-order valence-corrected chi connectivity index (χ2v) is 4.84. The van der Waals surface area contributed by atoms with Gasteiger partial charge in [-0.3, -0.25) is 0 Å². The van der Waals surface area contributed by atoms with Gasteiger partial charge in [0.05, 0.1) is 5.69 Å². The van der Waals surface area contributed by atoms with Gasteiger partial charge in [-0.25, -0.2) is 4.68 Å². The number of aryl methyl sites for hydroxylation is 1. The van der Waals surface area contributed by atoms with Crippen molar-refractivity contribution in [3.8, 4) is 11.6 Å². The minimum atomic E-state index is 0.502. The molecule has 0 saturated carbocycles. The van der Waals surface area contributed by atoms with Crippen LogP contribution in [-0.4, -0.2) is 16.4 Å². The van der Waals surface area contributed by atoms with Crippen LogP contribution >= 0.6 is 11.6 Å². The van der Waals surface area contributed by atoms with Gasteiger partial charge >= 0.3 is 0 Å². The topological polar surface area (TPSA) is 27.1 Å². The molecule has 3 nitrogen and oxygen atoms in total. The first-order valence-electron chi connectivity index (χ1n) is 6.22. The molecule has 0 bridgehead atoms. The summed E-state index contributed by atoms with van der Waals surface area (Å²) in [6, 6.07) is 9.48. The summed E-state index contributed by atoms with van der Waals surface area (Å²) in [6.07, 6.45) is 0.911. The minimum Gasteiger partial charge on any atom is -0.472 e. The van der Waals surface area contributed by atoms with Crippen molar-refractivity contribution >= 4 is 11.6 Å². The van der Waals surface area contributed by atoms with Crippen LogP contribution in [0.25, 0.3) is 5.69 Å². The molecule has 4 heteroatoms. The molecule has 19 heavy (non-hydrogen) atoms. The van der Waals surface area contributed by atoms with Crippen LogP contribution in [0.2, 0.25) is 5.02 Å². The third-order valence-corrected chi connectivity index (χ3v) is 3.08. The maximum atomic E-state index is 5.99. The van der Waals surface area contributed by atoms with Crippen LogP contribution in [0, 0.1) is 6.92 Å². The molecule has 0 aliphatic carbocycles. The van der Waals surface area contributed by atoms with Gasteiger partial charge in [0.1, 0.15) is 6.61 Å². The standard InChI is InChI=1S/C15H17ClN2O/c1-4-11(2)10-19-15-8-12(3)18(17-15)14-7-5-6-13(16)9-14/h5-9H,2,4,10H2,1,3H3. The van der Waals surface area contributed by atoms with Crippen LogP contribution in [0.4, 0.5) is 0 Å². The molecule has 0 unspecified atom stereocenters. The molecular formula is C15H17ClN2O. The average molecular weight is 277 g/mol. The minimum absolute atomic E-state index is 0.502. The Balaban J connectivity index is 2.19. The van der Waals surface area contributed by atoms with Gasteiger partial charge in [-0.1, -0.05) is 31.2 Å². The molecule has 1 aromatic heterocycles. The van der Waals surface area contributed by atoms with E-state index in [2.05, 4.69) is 18.6 Å². The van der Waals surface area contributed by atoms with Gasteiger partial charge in [0.2, 0.25) is 5.88 Å². The van der Waals surface area contributed by atoms with Crippen LogP contribution in [0.15, 0.2) is 42.5 Å². The number of ether oxygens (including phenoxy) is 1. The first-order valence-corrected chi connectivity index (χ1v) is 6.60. The molecule has 0 aliphatic heterocycles. The molecule has 0 aliphatic rings. The lowest BCUT2D eigenvalue weighted by atomic mass is 10.2. The van der Waals surface area contributed by atoms with Crippen LogP contribution in [0.3, 0.4) is 0 Å². The monoisotopic (exact) mass is 276 g/mol. The molecule has 0 N–H and O–H groups in total. The van der Waals surface area contributed by atoms with Crippen LogP contribution in [-0.2, 0) is 0 Å². The molecule has 1 heterocycles. The van der Waals surface area contributed by atoms with Crippen molar-refractivity contribution in [3.63, 3.8) is 0 Å². The highest BCUT2D eigenvalue weighted by atomic mass is 35.5. The van der Waals surface area contributed by atoms with Gasteiger partial charge in [-0.05, 0) is 37.1 Å². The highest BCUT2D eigenvalue weighted by Crippen LogP contribution is 2.19. The second kappa shape index (κ2) is 5.93. The van der Waals surface area contributed by atoms with Crippen LogP contribution in [0.5, 0.6) is 5.88 Å². The molecular weight excluding hydrogens is 260 g/mol. The summed E-state index contributed by atoms with van der Waals surface area (Å²) in [5.41, 5.74) is 2.98. The summed E-state index contributed by atoms with van der Waals surface area (Å²) < 4.78 is 7.42.